The van der Waals surface area contributed by atoms with Crippen molar-refractivity contribution in [3.8, 4) is 22.9 Å². The van der Waals surface area contributed by atoms with Crippen molar-refractivity contribution >= 4 is 11.6 Å². The lowest BCUT2D eigenvalue weighted by Gasteiger charge is -2.18. The maximum Gasteiger partial charge on any atom is 0.248 e. The minimum Gasteiger partial charge on any atom is -0.486 e. The predicted molar refractivity (Wildman–Crippen MR) is 98.7 cm³/mol. The van der Waals surface area contributed by atoms with E-state index in [0.717, 1.165) is 12.0 Å². The van der Waals surface area contributed by atoms with Gasteiger partial charge in [-0.05, 0) is 29.3 Å². The number of nitrogens with zero attached hydrogens (tertiary/aromatic N) is 4. The number of amides is 1. The molecule has 1 N–H and O–H groups in total. The molecule has 8 nitrogen and oxygen atoms in total. The summed E-state index contributed by atoms with van der Waals surface area (Å²) < 4.78 is 11.0. The minimum absolute atomic E-state index is 0.0332. The zero-order valence-electron chi connectivity index (χ0n) is 14.9. The molecule has 2 aromatic carbocycles. The number of aromatic nitrogens is 4. The standard InChI is InChI=1S/C19H19N5O3/c1-2-13-3-5-14(6-4-13)19-21-23-24(22-19)12-18(25)20-15-7-8-16-17(11-15)27-10-9-26-16/h3-8,11H,2,9-10,12H2,1H3,(H,20,25). The lowest BCUT2D eigenvalue weighted by atomic mass is 10.1. The number of benzene rings is 2. The second-order valence-electron chi connectivity index (χ2n) is 6.10. The first-order chi connectivity index (χ1) is 13.2. The van der Waals surface area contributed by atoms with E-state index in [-0.39, 0.29) is 12.5 Å². The highest BCUT2D eigenvalue weighted by Crippen LogP contribution is 2.32. The van der Waals surface area contributed by atoms with Crippen molar-refractivity contribution in [2.75, 3.05) is 18.5 Å². The number of hydrogen-bond acceptors (Lipinski definition) is 6. The van der Waals surface area contributed by atoms with Crippen LogP contribution in [0.25, 0.3) is 11.4 Å². The third-order valence-corrected chi connectivity index (χ3v) is 4.18. The molecule has 0 saturated carbocycles. The maximum atomic E-state index is 12.3. The molecule has 8 heteroatoms. The molecular formula is C19H19N5O3. The average molecular weight is 365 g/mol. The molecule has 3 aromatic rings. The van der Waals surface area contributed by atoms with Crippen LogP contribution in [0.15, 0.2) is 42.5 Å². The molecule has 0 spiro atoms. The van der Waals surface area contributed by atoms with E-state index in [1.165, 1.54) is 10.4 Å². The van der Waals surface area contributed by atoms with Gasteiger partial charge in [0.05, 0.1) is 0 Å². The van der Waals surface area contributed by atoms with E-state index < -0.39 is 0 Å². The summed E-state index contributed by atoms with van der Waals surface area (Å²) in [6, 6.07) is 13.2. The van der Waals surface area contributed by atoms with Gasteiger partial charge in [-0.1, -0.05) is 31.2 Å². The van der Waals surface area contributed by atoms with E-state index in [0.29, 0.717) is 36.2 Å². The van der Waals surface area contributed by atoms with Crippen molar-refractivity contribution in [3.05, 3.63) is 48.0 Å². The van der Waals surface area contributed by atoms with Crippen molar-refractivity contribution in [1.29, 1.82) is 0 Å². The summed E-state index contributed by atoms with van der Waals surface area (Å²) in [5.74, 6) is 1.54. The van der Waals surface area contributed by atoms with Gasteiger partial charge < -0.3 is 14.8 Å². The second kappa shape index (κ2) is 7.45. The predicted octanol–water partition coefficient (Wildman–Crippen LogP) is 2.31. The van der Waals surface area contributed by atoms with Crippen LogP contribution in [0.2, 0.25) is 0 Å². The number of ether oxygens (including phenoxy) is 2. The van der Waals surface area contributed by atoms with Gasteiger partial charge >= 0.3 is 0 Å². The number of aryl methyl sites for hydroxylation is 1. The van der Waals surface area contributed by atoms with E-state index >= 15 is 0 Å². The monoisotopic (exact) mass is 365 g/mol. The Morgan fingerprint density at radius 1 is 1.11 bits per heavy atom. The number of fused-ring (bicyclic) bond motifs is 1. The fourth-order valence-electron chi connectivity index (χ4n) is 2.77. The summed E-state index contributed by atoms with van der Waals surface area (Å²) in [4.78, 5) is 13.5. The molecule has 2 heterocycles. The maximum absolute atomic E-state index is 12.3. The fourth-order valence-corrected chi connectivity index (χ4v) is 2.77. The molecular weight excluding hydrogens is 346 g/mol. The lowest BCUT2D eigenvalue weighted by molar-refractivity contribution is -0.117. The zero-order valence-corrected chi connectivity index (χ0v) is 14.9. The van der Waals surface area contributed by atoms with E-state index in [2.05, 4.69) is 27.7 Å². The molecule has 27 heavy (non-hydrogen) atoms. The van der Waals surface area contributed by atoms with Gasteiger partial charge in [-0.2, -0.15) is 4.80 Å². The van der Waals surface area contributed by atoms with Crippen LogP contribution in [-0.4, -0.2) is 39.3 Å². The Balaban J connectivity index is 1.40. The van der Waals surface area contributed by atoms with Gasteiger partial charge in [-0.25, -0.2) is 0 Å². The second-order valence-corrected chi connectivity index (χ2v) is 6.10. The highest BCUT2D eigenvalue weighted by Gasteiger charge is 2.14. The smallest absolute Gasteiger partial charge is 0.248 e. The highest BCUT2D eigenvalue weighted by atomic mass is 16.6. The number of rotatable bonds is 5. The summed E-state index contributed by atoms with van der Waals surface area (Å²) in [6.45, 7) is 3.09. The third-order valence-electron chi connectivity index (χ3n) is 4.18. The summed E-state index contributed by atoms with van der Waals surface area (Å²) in [7, 11) is 0. The lowest BCUT2D eigenvalue weighted by Crippen LogP contribution is -2.21. The van der Waals surface area contributed by atoms with Crippen LogP contribution in [0.1, 0.15) is 12.5 Å². The summed E-state index contributed by atoms with van der Waals surface area (Å²) in [5, 5.41) is 15.1. The van der Waals surface area contributed by atoms with Crippen molar-refractivity contribution in [1.82, 2.24) is 20.2 Å². The molecule has 0 aliphatic carbocycles. The first kappa shape index (κ1) is 17.0. The van der Waals surface area contributed by atoms with E-state index in [9.17, 15) is 4.79 Å². The molecule has 0 unspecified atom stereocenters. The van der Waals surface area contributed by atoms with Crippen molar-refractivity contribution in [3.63, 3.8) is 0 Å². The normalized spacial score (nSPS) is 12.6. The number of anilines is 1. The Labute approximate surface area is 156 Å². The number of tetrazole rings is 1. The molecule has 4 rings (SSSR count). The van der Waals surface area contributed by atoms with Crippen LogP contribution in [0.5, 0.6) is 11.5 Å². The molecule has 0 fully saturated rings. The molecule has 1 aromatic heterocycles. The number of nitrogens with one attached hydrogen (secondary N) is 1. The van der Waals surface area contributed by atoms with Crippen LogP contribution in [0.4, 0.5) is 5.69 Å². The fraction of sp³-hybridized carbons (Fsp3) is 0.263. The first-order valence-electron chi connectivity index (χ1n) is 8.78. The molecule has 1 aliphatic heterocycles. The van der Waals surface area contributed by atoms with Crippen molar-refractivity contribution in [2.45, 2.75) is 19.9 Å². The Bertz CT molecular complexity index is 952. The van der Waals surface area contributed by atoms with Crippen LogP contribution in [0.3, 0.4) is 0 Å². The minimum atomic E-state index is -0.253. The molecule has 0 radical (unpaired) electrons. The van der Waals surface area contributed by atoms with Gasteiger partial charge in [0.2, 0.25) is 11.7 Å². The summed E-state index contributed by atoms with van der Waals surface area (Å²) in [5.41, 5.74) is 2.73. The summed E-state index contributed by atoms with van der Waals surface area (Å²) in [6.07, 6.45) is 0.973. The number of carbonyl (C=O) groups is 1. The molecule has 138 valence electrons. The number of carbonyl (C=O) groups excluding carboxylic acids is 1. The first-order valence-corrected chi connectivity index (χ1v) is 8.78. The largest absolute Gasteiger partial charge is 0.486 e. The molecule has 0 atom stereocenters. The Kier molecular flexibility index (Phi) is 4.69. The Morgan fingerprint density at radius 2 is 1.89 bits per heavy atom. The van der Waals surface area contributed by atoms with Crippen molar-refractivity contribution in [2.24, 2.45) is 0 Å². The third kappa shape index (κ3) is 3.89. The Hall–Kier alpha value is -3.42. The van der Waals surface area contributed by atoms with Crippen molar-refractivity contribution < 1.29 is 14.3 Å². The van der Waals surface area contributed by atoms with Crippen LogP contribution in [-0.2, 0) is 17.8 Å². The SMILES string of the molecule is CCc1ccc(-c2nnn(CC(=O)Nc3ccc4c(c3)OCCO4)n2)cc1. The van der Waals surface area contributed by atoms with Crippen LogP contribution < -0.4 is 14.8 Å². The quantitative estimate of drug-likeness (QED) is 0.746. The van der Waals surface area contributed by atoms with Gasteiger partial charge in [-0.3, -0.25) is 4.79 Å². The van der Waals surface area contributed by atoms with Gasteiger partial charge in [0.25, 0.3) is 0 Å². The molecule has 1 aliphatic rings. The van der Waals surface area contributed by atoms with Gasteiger partial charge in [0.1, 0.15) is 19.8 Å². The van der Waals surface area contributed by atoms with Gasteiger partial charge in [0, 0.05) is 17.3 Å². The van der Waals surface area contributed by atoms with Gasteiger partial charge in [-0.15, -0.1) is 10.2 Å². The zero-order chi connectivity index (χ0) is 18.6. The molecule has 0 saturated heterocycles. The number of hydrogen-bond donors (Lipinski definition) is 1. The van der Waals surface area contributed by atoms with Crippen LogP contribution in [0, 0.1) is 0 Å². The Morgan fingerprint density at radius 3 is 2.67 bits per heavy atom. The van der Waals surface area contributed by atoms with E-state index in [4.69, 9.17) is 9.47 Å². The molecule has 1 amide bonds. The van der Waals surface area contributed by atoms with Gasteiger partial charge in [0.15, 0.2) is 11.5 Å². The van der Waals surface area contributed by atoms with E-state index in [1.807, 2.05) is 24.3 Å². The summed E-state index contributed by atoms with van der Waals surface area (Å²) >= 11 is 0. The van der Waals surface area contributed by atoms with Crippen LogP contribution >= 0.6 is 0 Å². The highest BCUT2D eigenvalue weighted by molar-refractivity contribution is 5.90. The van der Waals surface area contributed by atoms with E-state index in [1.54, 1.807) is 18.2 Å². The topological polar surface area (TPSA) is 91.2 Å². The average Bonchev–Trinajstić information content (AvgIpc) is 3.16. The molecule has 0 bridgehead atoms.